The van der Waals surface area contributed by atoms with Crippen molar-refractivity contribution in [2.75, 3.05) is 0 Å². The SMILES string of the molecule is O=c1ncccn1CCc1ccc(Br)cc1. The molecule has 0 radical (unpaired) electrons. The van der Waals surface area contributed by atoms with Gasteiger partial charge in [0.05, 0.1) is 0 Å². The molecule has 1 heterocycles. The van der Waals surface area contributed by atoms with Crippen molar-refractivity contribution in [3.05, 3.63) is 63.2 Å². The van der Waals surface area contributed by atoms with Crippen molar-refractivity contribution in [2.24, 2.45) is 0 Å². The third-order valence-corrected chi connectivity index (χ3v) is 2.87. The second-order valence-electron chi connectivity index (χ2n) is 3.47. The molecule has 82 valence electrons. The first-order valence-electron chi connectivity index (χ1n) is 5.01. The first kappa shape index (κ1) is 11.1. The van der Waals surface area contributed by atoms with Crippen LogP contribution in [-0.2, 0) is 13.0 Å². The van der Waals surface area contributed by atoms with Gasteiger partial charge in [0.1, 0.15) is 0 Å². The average molecular weight is 279 g/mol. The topological polar surface area (TPSA) is 34.9 Å². The van der Waals surface area contributed by atoms with Gasteiger partial charge in [-0.3, -0.25) is 4.57 Å². The number of aromatic nitrogens is 2. The molecule has 0 unspecified atom stereocenters. The number of nitrogens with zero attached hydrogens (tertiary/aromatic N) is 2. The van der Waals surface area contributed by atoms with Gasteiger partial charge in [0.2, 0.25) is 0 Å². The van der Waals surface area contributed by atoms with E-state index in [1.807, 2.05) is 24.3 Å². The summed E-state index contributed by atoms with van der Waals surface area (Å²) < 4.78 is 2.68. The zero-order valence-corrected chi connectivity index (χ0v) is 10.2. The molecule has 0 atom stereocenters. The van der Waals surface area contributed by atoms with Crippen LogP contribution in [0.3, 0.4) is 0 Å². The van der Waals surface area contributed by atoms with E-state index in [1.165, 1.54) is 11.8 Å². The zero-order valence-electron chi connectivity index (χ0n) is 8.64. The van der Waals surface area contributed by atoms with E-state index >= 15 is 0 Å². The number of benzene rings is 1. The molecule has 0 aliphatic carbocycles. The molecule has 0 bridgehead atoms. The Hall–Kier alpha value is -1.42. The summed E-state index contributed by atoms with van der Waals surface area (Å²) in [6, 6.07) is 9.86. The Morgan fingerprint density at radius 1 is 1.25 bits per heavy atom. The Labute approximate surface area is 102 Å². The van der Waals surface area contributed by atoms with Crippen molar-refractivity contribution < 1.29 is 0 Å². The van der Waals surface area contributed by atoms with E-state index in [2.05, 4.69) is 20.9 Å². The molecule has 3 nitrogen and oxygen atoms in total. The Morgan fingerprint density at radius 3 is 2.69 bits per heavy atom. The summed E-state index contributed by atoms with van der Waals surface area (Å²) in [6.07, 6.45) is 4.10. The maximum Gasteiger partial charge on any atom is 0.347 e. The minimum Gasteiger partial charge on any atom is -0.299 e. The van der Waals surface area contributed by atoms with Gasteiger partial charge in [-0.15, -0.1) is 0 Å². The monoisotopic (exact) mass is 278 g/mol. The van der Waals surface area contributed by atoms with Crippen molar-refractivity contribution in [3.63, 3.8) is 0 Å². The number of hydrogen-bond acceptors (Lipinski definition) is 2. The molecule has 0 saturated heterocycles. The lowest BCUT2D eigenvalue weighted by Gasteiger charge is -2.04. The summed E-state index contributed by atoms with van der Waals surface area (Å²) in [5.74, 6) is 0. The lowest BCUT2D eigenvalue weighted by molar-refractivity contribution is 0.649. The first-order valence-corrected chi connectivity index (χ1v) is 5.81. The van der Waals surface area contributed by atoms with Crippen LogP contribution in [0.25, 0.3) is 0 Å². The fraction of sp³-hybridized carbons (Fsp3) is 0.167. The van der Waals surface area contributed by atoms with Gasteiger partial charge in [-0.25, -0.2) is 9.78 Å². The molecule has 0 aliphatic rings. The first-order chi connectivity index (χ1) is 7.75. The standard InChI is InChI=1S/C12H11BrN2O/c13-11-4-2-10(3-5-11)6-9-15-8-1-7-14-12(15)16/h1-5,7-8H,6,9H2. The van der Waals surface area contributed by atoms with Crippen LogP contribution >= 0.6 is 15.9 Å². The third kappa shape index (κ3) is 2.79. The fourth-order valence-corrected chi connectivity index (χ4v) is 1.72. The highest BCUT2D eigenvalue weighted by molar-refractivity contribution is 9.10. The molecule has 0 aliphatic heterocycles. The quantitative estimate of drug-likeness (QED) is 0.863. The van der Waals surface area contributed by atoms with E-state index in [4.69, 9.17) is 0 Å². The predicted molar refractivity (Wildman–Crippen MR) is 66.3 cm³/mol. The molecule has 0 N–H and O–H groups in total. The highest BCUT2D eigenvalue weighted by Gasteiger charge is 1.97. The Balaban J connectivity index is 2.05. The van der Waals surface area contributed by atoms with Crippen molar-refractivity contribution in [3.8, 4) is 0 Å². The maximum atomic E-state index is 11.3. The van der Waals surface area contributed by atoms with Crippen LogP contribution in [0.2, 0.25) is 0 Å². The molecular formula is C12H11BrN2O. The Morgan fingerprint density at radius 2 is 2.00 bits per heavy atom. The maximum absolute atomic E-state index is 11.3. The lowest BCUT2D eigenvalue weighted by atomic mass is 10.1. The van der Waals surface area contributed by atoms with Crippen LogP contribution in [0.5, 0.6) is 0 Å². The minimum absolute atomic E-state index is 0.195. The highest BCUT2D eigenvalue weighted by atomic mass is 79.9. The molecule has 4 heteroatoms. The molecule has 2 aromatic rings. The van der Waals surface area contributed by atoms with Crippen molar-refractivity contribution in [2.45, 2.75) is 13.0 Å². The van der Waals surface area contributed by atoms with Gasteiger partial charge in [-0.2, -0.15) is 0 Å². The van der Waals surface area contributed by atoms with Gasteiger partial charge in [-0.1, -0.05) is 28.1 Å². The van der Waals surface area contributed by atoms with E-state index in [9.17, 15) is 4.79 Å². The van der Waals surface area contributed by atoms with Crippen LogP contribution in [0.4, 0.5) is 0 Å². The summed E-state index contributed by atoms with van der Waals surface area (Å²) in [4.78, 5) is 15.0. The lowest BCUT2D eigenvalue weighted by Crippen LogP contribution is -2.22. The summed E-state index contributed by atoms with van der Waals surface area (Å²) in [5, 5.41) is 0. The predicted octanol–water partition coefficient (Wildman–Crippen LogP) is 2.25. The van der Waals surface area contributed by atoms with Gasteiger partial charge in [0.25, 0.3) is 0 Å². The van der Waals surface area contributed by atoms with Gasteiger partial charge in [0.15, 0.2) is 0 Å². The van der Waals surface area contributed by atoms with Gasteiger partial charge in [-0.05, 0) is 30.2 Å². The molecule has 1 aromatic carbocycles. The van der Waals surface area contributed by atoms with E-state index < -0.39 is 0 Å². The number of halogens is 1. The second-order valence-corrected chi connectivity index (χ2v) is 4.39. The molecule has 0 amide bonds. The minimum atomic E-state index is -0.195. The smallest absolute Gasteiger partial charge is 0.299 e. The molecule has 16 heavy (non-hydrogen) atoms. The van der Waals surface area contributed by atoms with E-state index in [0.29, 0.717) is 6.54 Å². The molecule has 0 fully saturated rings. The molecule has 0 spiro atoms. The molecule has 0 saturated carbocycles. The van der Waals surface area contributed by atoms with Crippen LogP contribution in [0.1, 0.15) is 5.56 Å². The van der Waals surface area contributed by atoms with Crippen LogP contribution in [-0.4, -0.2) is 9.55 Å². The zero-order chi connectivity index (χ0) is 11.4. The summed E-state index contributed by atoms with van der Waals surface area (Å²) in [6.45, 7) is 0.661. The average Bonchev–Trinajstić information content (AvgIpc) is 2.30. The number of hydrogen-bond donors (Lipinski definition) is 0. The van der Waals surface area contributed by atoms with Crippen molar-refractivity contribution >= 4 is 15.9 Å². The van der Waals surface area contributed by atoms with E-state index in [1.54, 1.807) is 16.8 Å². The van der Waals surface area contributed by atoms with Gasteiger partial charge < -0.3 is 0 Å². The van der Waals surface area contributed by atoms with Crippen molar-refractivity contribution in [1.29, 1.82) is 0 Å². The normalized spacial score (nSPS) is 10.3. The molecular weight excluding hydrogens is 268 g/mol. The summed E-state index contributed by atoms with van der Waals surface area (Å²) >= 11 is 3.39. The largest absolute Gasteiger partial charge is 0.347 e. The van der Waals surface area contributed by atoms with Gasteiger partial charge >= 0.3 is 5.69 Å². The van der Waals surface area contributed by atoms with Crippen LogP contribution < -0.4 is 5.69 Å². The second kappa shape index (κ2) is 5.07. The van der Waals surface area contributed by atoms with Crippen molar-refractivity contribution in [1.82, 2.24) is 9.55 Å². The van der Waals surface area contributed by atoms with Gasteiger partial charge in [0, 0.05) is 23.4 Å². The van der Waals surface area contributed by atoms with Crippen LogP contribution in [0, 0.1) is 0 Å². The molecule has 2 rings (SSSR count). The Kier molecular flexibility index (Phi) is 3.51. The fourth-order valence-electron chi connectivity index (χ4n) is 1.46. The highest BCUT2D eigenvalue weighted by Crippen LogP contribution is 2.11. The Bertz CT molecular complexity index is 519. The van der Waals surface area contributed by atoms with E-state index in [0.717, 1.165) is 10.9 Å². The van der Waals surface area contributed by atoms with E-state index in [-0.39, 0.29) is 5.69 Å². The molecule has 1 aromatic heterocycles. The number of aryl methyl sites for hydroxylation is 2. The number of rotatable bonds is 3. The summed E-state index contributed by atoms with van der Waals surface area (Å²) in [5.41, 5.74) is 1.01. The summed E-state index contributed by atoms with van der Waals surface area (Å²) in [7, 11) is 0. The van der Waals surface area contributed by atoms with Crippen LogP contribution in [0.15, 0.2) is 52.0 Å². The third-order valence-electron chi connectivity index (χ3n) is 2.34.